The number of ether oxygens (including phenoxy) is 1. The minimum Gasteiger partial charge on any atom is -0.461 e. The van der Waals surface area contributed by atoms with Crippen molar-refractivity contribution in [3.8, 4) is 0 Å². The van der Waals surface area contributed by atoms with Gasteiger partial charge in [0.1, 0.15) is 5.70 Å². The Labute approximate surface area is 107 Å². The van der Waals surface area contributed by atoms with Crippen LogP contribution in [0.2, 0.25) is 0 Å². The summed E-state index contributed by atoms with van der Waals surface area (Å²) in [6.45, 7) is 1.36. The number of nitrogens with zero attached hydrogens (tertiary/aromatic N) is 2. The molecule has 0 bridgehead atoms. The molecule has 0 aliphatic rings. The van der Waals surface area contributed by atoms with E-state index in [2.05, 4.69) is 4.98 Å². The Morgan fingerprint density at radius 3 is 2.78 bits per heavy atom. The van der Waals surface area contributed by atoms with E-state index in [9.17, 15) is 4.79 Å². The molecule has 1 aromatic heterocycles. The van der Waals surface area contributed by atoms with E-state index >= 15 is 0 Å². The van der Waals surface area contributed by atoms with Gasteiger partial charge in [0, 0.05) is 25.1 Å². The van der Waals surface area contributed by atoms with E-state index < -0.39 is 5.97 Å². The lowest BCUT2D eigenvalue weighted by molar-refractivity contribution is -0.139. The van der Waals surface area contributed by atoms with Gasteiger partial charge in [0.05, 0.1) is 12.9 Å². The molecule has 18 heavy (non-hydrogen) atoms. The number of carbonyl (C=O) groups is 1. The maximum atomic E-state index is 11.1. The number of imidazole rings is 1. The van der Waals surface area contributed by atoms with Crippen LogP contribution in [0.15, 0.2) is 30.6 Å². The van der Waals surface area contributed by atoms with Gasteiger partial charge in [-0.05, 0) is 19.3 Å². The summed E-state index contributed by atoms with van der Waals surface area (Å²) >= 11 is 0. The van der Waals surface area contributed by atoms with Crippen LogP contribution in [0.3, 0.4) is 0 Å². The highest BCUT2D eigenvalue weighted by Gasteiger charge is 2.04. The van der Waals surface area contributed by atoms with E-state index in [0.29, 0.717) is 6.61 Å². The van der Waals surface area contributed by atoms with Gasteiger partial charge in [-0.2, -0.15) is 0 Å². The van der Waals surface area contributed by atoms with E-state index in [4.69, 9.17) is 16.2 Å². The van der Waals surface area contributed by atoms with Crippen molar-refractivity contribution in [3.05, 3.63) is 30.6 Å². The van der Waals surface area contributed by atoms with Crippen LogP contribution in [-0.2, 0) is 16.1 Å². The molecule has 0 fully saturated rings. The average Bonchev–Trinajstić information content (AvgIpc) is 2.89. The first-order chi connectivity index (χ1) is 8.74. The van der Waals surface area contributed by atoms with Crippen LogP contribution in [0, 0.1) is 0 Å². The van der Waals surface area contributed by atoms with Crippen molar-refractivity contribution in [2.24, 2.45) is 11.5 Å². The van der Waals surface area contributed by atoms with Gasteiger partial charge in [-0.1, -0.05) is 6.42 Å². The fraction of sp³-hybridized carbons (Fsp3) is 0.500. The number of hydrogen-bond donors (Lipinski definition) is 2. The minimum atomic E-state index is -0.545. The molecular formula is C12H20N4O2. The monoisotopic (exact) mass is 252 g/mol. The zero-order valence-electron chi connectivity index (χ0n) is 10.4. The predicted molar refractivity (Wildman–Crippen MR) is 68.1 cm³/mol. The van der Waals surface area contributed by atoms with Crippen molar-refractivity contribution in [2.75, 3.05) is 6.61 Å². The summed E-state index contributed by atoms with van der Waals surface area (Å²) in [5, 5.41) is 0. The number of unbranched alkanes of at least 4 members (excludes halogenated alkanes) is 3. The van der Waals surface area contributed by atoms with Crippen LogP contribution < -0.4 is 11.5 Å². The van der Waals surface area contributed by atoms with Crippen LogP contribution in [0.25, 0.3) is 0 Å². The molecule has 0 saturated heterocycles. The summed E-state index contributed by atoms with van der Waals surface area (Å²) in [4.78, 5) is 15.1. The van der Waals surface area contributed by atoms with Gasteiger partial charge in [-0.15, -0.1) is 0 Å². The first kappa shape index (κ1) is 14.1. The zero-order chi connectivity index (χ0) is 13.2. The second kappa shape index (κ2) is 8.16. The van der Waals surface area contributed by atoms with Crippen LogP contribution in [0.1, 0.15) is 25.7 Å². The molecule has 0 aliphatic heterocycles. The standard InChI is InChI=1S/C12H20N4O2/c13-9-11(14)12(17)18-8-4-2-1-3-6-16-7-5-15-10-16/h5,7,9-10H,1-4,6,8,13-14H2/b11-9-. The molecule has 0 spiro atoms. The van der Waals surface area contributed by atoms with Gasteiger partial charge in [0.2, 0.25) is 0 Å². The minimum absolute atomic E-state index is 0.0462. The van der Waals surface area contributed by atoms with Crippen molar-refractivity contribution < 1.29 is 9.53 Å². The van der Waals surface area contributed by atoms with Crippen molar-refractivity contribution in [1.82, 2.24) is 9.55 Å². The van der Waals surface area contributed by atoms with Gasteiger partial charge in [-0.25, -0.2) is 9.78 Å². The summed E-state index contributed by atoms with van der Waals surface area (Å²) in [5.41, 5.74) is 10.3. The number of nitrogens with two attached hydrogens (primary N) is 2. The highest BCUT2D eigenvalue weighted by Crippen LogP contribution is 2.03. The summed E-state index contributed by atoms with van der Waals surface area (Å²) < 4.78 is 6.97. The highest BCUT2D eigenvalue weighted by atomic mass is 16.5. The summed E-state index contributed by atoms with van der Waals surface area (Å²) in [5.74, 6) is -0.545. The van der Waals surface area contributed by atoms with E-state index in [1.54, 1.807) is 6.20 Å². The SMILES string of the molecule is N/C=C(\N)C(=O)OCCCCCCn1ccnc1. The number of carbonyl (C=O) groups excluding carboxylic acids is 1. The highest BCUT2D eigenvalue weighted by molar-refractivity contribution is 5.87. The Balaban J connectivity index is 1.94. The Morgan fingerprint density at radius 1 is 1.33 bits per heavy atom. The first-order valence-electron chi connectivity index (χ1n) is 6.04. The lowest BCUT2D eigenvalue weighted by Gasteiger charge is -2.05. The number of hydrogen-bond acceptors (Lipinski definition) is 5. The molecule has 4 N–H and O–H groups in total. The Bertz CT molecular complexity index is 373. The van der Waals surface area contributed by atoms with Gasteiger partial charge < -0.3 is 20.8 Å². The second-order valence-corrected chi connectivity index (χ2v) is 3.97. The first-order valence-corrected chi connectivity index (χ1v) is 6.04. The third-order valence-corrected chi connectivity index (χ3v) is 2.52. The number of rotatable bonds is 8. The molecule has 0 unspecified atom stereocenters. The van der Waals surface area contributed by atoms with Gasteiger partial charge in [0.15, 0.2) is 0 Å². The molecule has 0 saturated carbocycles. The molecule has 0 atom stereocenters. The third-order valence-electron chi connectivity index (χ3n) is 2.52. The molecule has 0 radical (unpaired) electrons. The molecule has 0 aromatic carbocycles. The molecule has 0 aliphatic carbocycles. The molecule has 0 amide bonds. The van der Waals surface area contributed by atoms with E-state index in [-0.39, 0.29) is 5.70 Å². The summed E-state index contributed by atoms with van der Waals surface area (Å²) in [6.07, 6.45) is 10.6. The van der Waals surface area contributed by atoms with Crippen LogP contribution in [-0.4, -0.2) is 22.1 Å². The second-order valence-electron chi connectivity index (χ2n) is 3.97. The predicted octanol–water partition coefficient (Wildman–Crippen LogP) is 0.745. The molecule has 1 aromatic rings. The molecule has 1 rings (SSSR count). The smallest absolute Gasteiger partial charge is 0.355 e. The summed E-state index contributed by atoms with van der Waals surface area (Å²) in [6, 6.07) is 0. The maximum absolute atomic E-state index is 11.1. The fourth-order valence-corrected chi connectivity index (χ4v) is 1.49. The number of esters is 1. The quantitative estimate of drug-likeness (QED) is 0.404. The third kappa shape index (κ3) is 5.38. The lowest BCUT2D eigenvalue weighted by Crippen LogP contribution is -2.16. The van der Waals surface area contributed by atoms with Gasteiger partial charge in [0.25, 0.3) is 0 Å². The van der Waals surface area contributed by atoms with E-state index in [0.717, 1.165) is 38.4 Å². The maximum Gasteiger partial charge on any atom is 0.355 e. The van der Waals surface area contributed by atoms with Crippen molar-refractivity contribution in [1.29, 1.82) is 0 Å². The van der Waals surface area contributed by atoms with Crippen LogP contribution in [0.5, 0.6) is 0 Å². The van der Waals surface area contributed by atoms with Crippen molar-refractivity contribution in [2.45, 2.75) is 32.2 Å². The van der Waals surface area contributed by atoms with Gasteiger partial charge in [-0.3, -0.25) is 0 Å². The lowest BCUT2D eigenvalue weighted by atomic mass is 10.2. The number of aromatic nitrogens is 2. The summed E-state index contributed by atoms with van der Waals surface area (Å²) in [7, 11) is 0. The fourth-order valence-electron chi connectivity index (χ4n) is 1.49. The molecule has 100 valence electrons. The Kier molecular flexibility index (Phi) is 6.38. The van der Waals surface area contributed by atoms with Gasteiger partial charge >= 0.3 is 5.97 Å². The van der Waals surface area contributed by atoms with E-state index in [1.807, 2.05) is 17.1 Å². The molecule has 1 heterocycles. The largest absolute Gasteiger partial charge is 0.461 e. The van der Waals surface area contributed by atoms with E-state index in [1.165, 1.54) is 0 Å². The zero-order valence-corrected chi connectivity index (χ0v) is 10.4. The number of aryl methyl sites for hydroxylation is 1. The Hall–Kier alpha value is -1.98. The van der Waals surface area contributed by atoms with Crippen molar-refractivity contribution in [3.63, 3.8) is 0 Å². The molecule has 6 heteroatoms. The Morgan fingerprint density at radius 2 is 2.11 bits per heavy atom. The van der Waals surface area contributed by atoms with Crippen molar-refractivity contribution >= 4 is 5.97 Å². The topological polar surface area (TPSA) is 96.2 Å². The van der Waals surface area contributed by atoms with Crippen LogP contribution in [0.4, 0.5) is 0 Å². The van der Waals surface area contributed by atoms with Crippen LogP contribution >= 0.6 is 0 Å². The average molecular weight is 252 g/mol. The normalized spacial score (nSPS) is 11.4. The molecule has 6 nitrogen and oxygen atoms in total. The molecular weight excluding hydrogens is 232 g/mol.